The molecular weight excluding hydrogens is 372 g/mol. The summed E-state index contributed by atoms with van der Waals surface area (Å²) >= 11 is 6.26. The lowest BCUT2D eigenvalue weighted by Crippen LogP contribution is -2.34. The monoisotopic (exact) mass is 398 g/mol. The van der Waals surface area contributed by atoms with Crippen molar-refractivity contribution in [2.24, 2.45) is 11.8 Å². The minimum Gasteiger partial charge on any atom is -0.465 e. The number of carbonyl (C=O) groups excluding carboxylic acids is 2. The fraction of sp³-hybridized carbons (Fsp3) is 0.417. The van der Waals surface area contributed by atoms with E-state index in [2.05, 4.69) is 24.3 Å². The molecule has 0 bridgehead atoms. The second kappa shape index (κ2) is 9.88. The van der Waals surface area contributed by atoms with Crippen molar-refractivity contribution in [2.45, 2.75) is 44.9 Å². The van der Waals surface area contributed by atoms with E-state index in [1.807, 2.05) is 24.3 Å². The topological polar surface area (TPSA) is 43.4 Å². The van der Waals surface area contributed by atoms with Gasteiger partial charge in [-0.3, -0.25) is 9.59 Å². The van der Waals surface area contributed by atoms with Crippen molar-refractivity contribution >= 4 is 23.4 Å². The third-order valence-corrected chi connectivity index (χ3v) is 6.07. The van der Waals surface area contributed by atoms with E-state index in [4.69, 9.17) is 16.3 Å². The van der Waals surface area contributed by atoms with Crippen LogP contribution in [0.15, 0.2) is 54.6 Å². The van der Waals surface area contributed by atoms with Gasteiger partial charge in [-0.2, -0.15) is 0 Å². The number of hydrogen-bond acceptors (Lipinski definition) is 3. The van der Waals surface area contributed by atoms with Gasteiger partial charge in [0.15, 0.2) is 5.78 Å². The minimum atomic E-state index is -0.780. The molecule has 3 nitrogen and oxygen atoms in total. The van der Waals surface area contributed by atoms with Gasteiger partial charge in [-0.05, 0) is 62.1 Å². The molecule has 0 spiro atoms. The van der Waals surface area contributed by atoms with E-state index in [1.165, 1.54) is 5.56 Å². The molecule has 0 amide bonds. The van der Waals surface area contributed by atoms with Gasteiger partial charge < -0.3 is 4.74 Å². The Morgan fingerprint density at radius 3 is 2.29 bits per heavy atom. The Balaban J connectivity index is 1.69. The molecule has 0 aromatic heterocycles. The van der Waals surface area contributed by atoms with E-state index >= 15 is 0 Å². The first-order valence-electron chi connectivity index (χ1n) is 10.1. The van der Waals surface area contributed by atoms with Crippen LogP contribution < -0.4 is 0 Å². The highest BCUT2D eigenvalue weighted by molar-refractivity contribution is 6.31. The average Bonchev–Trinajstić information content (AvgIpc) is 2.73. The Labute approximate surface area is 172 Å². The standard InChI is InChI=1S/C24H27ClO3/c1-2-28-24(27)21(16-20-10-6-7-11-22(20)25)23(26)19-14-12-18(13-15-19)17-8-4-3-5-9-17/h3-11,18-19,21H,2,12-16H2,1H3. The number of hydrogen-bond donors (Lipinski definition) is 0. The van der Waals surface area contributed by atoms with Gasteiger partial charge in [-0.1, -0.05) is 60.1 Å². The van der Waals surface area contributed by atoms with Crippen LogP contribution in [0.2, 0.25) is 5.02 Å². The van der Waals surface area contributed by atoms with E-state index in [1.54, 1.807) is 13.0 Å². The van der Waals surface area contributed by atoms with Gasteiger partial charge in [0.05, 0.1) is 6.61 Å². The SMILES string of the molecule is CCOC(=O)C(Cc1ccccc1Cl)C(=O)C1CCC(c2ccccc2)CC1. The molecule has 2 aromatic rings. The third kappa shape index (κ3) is 5.02. The molecule has 148 valence electrons. The number of ketones is 1. The zero-order valence-electron chi connectivity index (χ0n) is 16.3. The lowest BCUT2D eigenvalue weighted by atomic mass is 9.74. The number of ether oxygens (including phenoxy) is 1. The predicted octanol–water partition coefficient (Wildman–Crippen LogP) is 5.60. The maximum absolute atomic E-state index is 13.2. The maximum atomic E-state index is 13.2. The smallest absolute Gasteiger partial charge is 0.316 e. The van der Waals surface area contributed by atoms with Gasteiger partial charge in [-0.25, -0.2) is 0 Å². The summed E-state index contributed by atoms with van der Waals surface area (Å²) in [6.07, 6.45) is 3.88. The van der Waals surface area contributed by atoms with Crippen LogP contribution in [-0.2, 0) is 20.7 Å². The summed E-state index contributed by atoms with van der Waals surface area (Å²) in [6, 6.07) is 17.8. The largest absolute Gasteiger partial charge is 0.465 e. The summed E-state index contributed by atoms with van der Waals surface area (Å²) in [7, 11) is 0. The van der Waals surface area contributed by atoms with Crippen molar-refractivity contribution in [2.75, 3.05) is 6.61 Å². The highest BCUT2D eigenvalue weighted by Crippen LogP contribution is 2.37. The average molecular weight is 399 g/mol. The van der Waals surface area contributed by atoms with Crippen LogP contribution in [-0.4, -0.2) is 18.4 Å². The molecule has 1 unspecified atom stereocenters. The summed E-state index contributed by atoms with van der Waals surface area (Å²) in [4.78, 5) is 25.8. The second-order valence-corrected chi connectivity index (χ2v) is 7.87. The Morgan fingerprint density at radius 1 is 1.00 bits per heavy atom. The molecule has 1 aliphatic rings. The Bertz CT molecular complexity index is 795. The van der Waals surface area contributed by atoms with Crippen molar-refractivity contribution in [1.29, 1.82) is 0 Å². The maximum Gasteiger partial charge on any atom is 0.316 e. The van der Waals surface area contributed by atoms with E-state index < -0.39 is 11.9 Å². The van der Waals surface area contributed by atoms with Gasteiger partial charge in [0.2, 0.25) is 0 Å². The number of halogens is 1. The first-order chi connectivity index (χ1) is 13.6. The van der Waals surface area contributed by atoms with Crippen molar-refractivity contribution in [3.05, 3.63) is 70.7 Å². The van der Waals surface area contributed by atoms with E-state index in [9.17, 15) is 9.59 Å². The summed E-state index contributed by atoms with van der Waals surface area (Å²) in [5.41, 5.74) is 2.15. The van der Waals surface area contributed by atoms with Crippen molar-refractivity contribution in [1.82, 2.24) is 0 Å². The summed E-state index contributed by atoms with van der Waals surface area (Å²) in [5.74, 6) is -0.799. The van der Waals surface area contributed by atoms with Crippen LogP contribution in [0.4, 0.5) is 0 Å². The number of esters is 1. The number of rotatable bonds is 7. The molecule has 4 heteroatoms. The van der Waals surface area contributed by atoms with Crippen LogP contribution in [0.3, 0.4) is 0 Å². The zero-order valence-corrected chi connectivity index (χ0v) is 17.0. The quantitative estimate of drug-likeness (QED) is 0.450. The first kappa shape index (κ1) is 20.6. The second-order valence-electron chi connectivity index (χ2n) is 7.46. The van der Waals surface area contributed by atoms with Crippen LogP contribution >= 0.6 is 11.6 Å². The molecule has 0 aliphatic heterocycles. The van der Waals surface area contributed by atoms with Gasteiger partial charge in [0.1, 0.15) is 5.92 Å². The normalized spacial score (nSPS) is 20.4. The van der Waals surface area contributed by atoms with Crippen LogP contribution in [0, 0.1) is 11.8 Å². The Kier molecular flexibility index (Phi) is 7.27. The first-order valence-corrected chi connectivity index (χ1v) is 10.5. The molecule has 0 radical (unpaired) electrons. The molecule has 1 saturated carbocycles. The molecule has 2 aromatic carbocycles. The highest BCUT2D eigenvalue weighted by Gasteiger charge is 2.36. The van der Waals surface area contributed by atoms with Crippen molar-refractivity contribution < 1.29 is 14.3 Å². The highest BCUT2D eigenvalue weighted by atomic mass is 35.5. The molecule has 0 saturated heterocycles. The Morgan fingerprint density at radius 2 is 1.64 bits per heavy atom. The van der Waals surface area contributed by atoms with Crippen molar-refractivity contribution in [3.63, 3.8) is 0 Å². The molecule has 1 aliphatic carbocycles. The summed E-state index contributed by atoms with van der Waals surface area (Å²) in [6.45, 7) is 2.03. The third-order valence-electron chi connectivity index (χ3n) is 5.70. The molecular formula is C24H27ClO3. The van der Waals surface area contributed by atoms with Crippen LogP contribution in [0.1, 0.15) is 49.7 Å². The van der Waals surface area contributed by atoms with Gasteiger partial charge in [0, 0.05) is 10.9 Å². The van der Waals surface area contributed by atoms with E-state index in [0.717, 1.165) is 31.2 Å². The minimum absolute atomic E-state index is 0.00452. The molecule has 1 atom stereocenters. The van der Waals surface area contributed by atoms with Crippen molar-refractivity contribution in [3.8, 4) is 0 Å². The summed E-state index contributed by atoms with van der Waals surface area (Å²) < 4.78 is 5.22. The number of carbonyl (C=O) groups is 2. The van der Waals surface area contributed by atoms with Gasteiger partial charge in [-0.15, -0.1) is 0 Å². The zero-order chi connectivity index (χ0) is 19.9. The predicted molar refractivity (Wildman–Crippen MR) is 111 cm³/mol. The van der Waals surface area contributed by atoms with E-state index in [0.29, 0.717) is 17.4 Å². The molecule has 28 heavy (non-hydrogen) atoms. The van der Waals surface area contributed by atoms with Crippen LogP contribution in [0.5, 0.6) is 0 Å². The number of Topliss-reactive ketones (excluding diaryl/α,β-unsaturated/α-hetero) is 1. The summed E-state index contributed by atoms with van der Waals surface area (Å²) in [5, 5.41) is 0.581. The van der Waals surface area contributed by atoms with Gasteiger partial charge >= 0.3 is 5.97 Å². The van der Waals surface area contributed by atoms with Crippen LogP contribution in [0.25, 0.3) is 0 Å². The van der Waals surface area contributed by atoms with Gasteiger partial charge in [0.25, 0.3) is 0 Å². The molecule has 0 heterocycles. The molecule has 0 N–H and O–H groups in total. The fourth-order valence-electron chi connectivity index (χ4n) is 4.15. The molecule has 1 fully saturated rings. The number of benzene rings is 2. The lowest BCUT2D eigenvalue weighted by Gasteiger charge is -2.30. The van der Waals surface area contributed by atoms with E-state index in [-0.39, 0.29) is 18.3 Å². The Hall–Kier alpha value is -2.13. The fourth-order valence-corrected chi connectivity index (χ4v) is 4.36. The molecule has 3 rings (SSSR count). The lowest BCUT2D eigenvalue weighted by molar-refractivity contribution is -0.152.